The van der Waals surface area contributed by atoms with Gasteiger partial charge in [-0.1, -0.05) is 37.3 Å². The molecule has 1 amide bonds. The number of aromatic amines is 1. The summed E-state index contributed by atoms with van der Waals surface area (Å²) in [6.45, 7) is 7.65. The van der Waals surface area contributed by atoms with Crippen molar-refractivity contribution < 1.29 is 19.0 Å². The van der Waals surface area contributed by atoms with Gasteiger partial charge in [-0.15, -0.1) is 0 Å². The van der Waals surface area contributed by atoms with E-state index in [9.17, 15) is 4.79 Å². The zero-order chi connectivity index (χ0) is 22.2. The van der Waals surface area contributed by atoms with Crippen molar-refractivity contribution in [1.29, 1.82) is 0 Å². The molecule has 1 N–H and O–H groups in total. The van der Waals surface area contributed by atoms with Gasteiger partial charge in [-0.3, -0.25) is 4.79 Å². The Morgan fingerprint density at radius 1 is 1.09 bits per heavy atom. The van der Waals surface area contributed by atoms with Crippen LogP contribution in [0.2, 0.25) is 0 Å². The molecule has 0 spiro atoms. The number of H-pyrrole nitrogens is 1. The molecular formula is C26H30N2O4. The Balaban J connectivity index is 1.57. The summed E-state index contributed by atoms with van der Waals surface area (Å²) in [7, 11) is 0. The molecule has 0 radical (unpaired) electrons. The van der Waals surface area contributed by atoms with Crippen LogP contribution in [0.4, 0.5) is 0 Å². The quantitative estimate of drug-likeness (QED) is 0.637. The van der Waals surface area contributed by atoms with Crippen molar-refractivity contribution in [2.24, 2.45) is 0 Å². The van der Waals surface area contributed by atoms with Gasteiger partial charge in [0, 0.05) is 48.1 Å². The summed E-state index contributed by atoms with van der Waals surface area (Å²) in [6.07, 6.45) is 3.45. The maximum absolute atomic E-state index is 13.5. The van der Waals surface area contributed by atoms with Crippen LogP contribution in [-0.2, 0) is 16.0 Å². The molecule has 6 nitrogen and oxygen atoms in total. The van der Waals surface area contributed by atoms with Crippen molar-refractivity contribution in [1.82, 2.24) is 9.88 Å². The van der Waals surface area contributed by atoms with Crippen LogP contribution in [0.5, 0.6) is 11.5 Å². The normalized spacial score (nSPS) is 21.2. The van der Waals surface area contributed by atoms with Crippen LogP contribution < -0.4 is 9.47 Å². The van der Waals surface area contributed by atoms with Gasteiger partial charge in [0.05, 0.1) is 12.2 Å². The van der Waals surface area contributed by atoms with E-state index in [-0.39, 0.29) is 30.8 Å². The second-order valence-corrected chi connectivity index (χ2v) is 8.83. The Morgan fingerprint density at radius 2 is 1.88 bits per heavy atom. The number of hydrogen-bond acceptors (Lipinski definition) is 4. The summed E-state index contributed by atoms with van der Waals surface area (Å²) in [5, 5.41) is 1.15. The molecular weight excluding hydrogens is 404 g/mol. The molecule has 1 fully saturated rings. The highest BCUT2D eigenvalue weighted by molar-refractivity contribution is 5.88. The van der Waals surface area contributed by atoms with Gasteiger partial charge in [-0.05, 0) is 37.5 Å². The number of morpholine rings is 1. The predicted molar refractivity (Wildman–Crippen MR) is 123 cm³/mol. The minimum absolute atomic E-state index is 0.0408. The van der Waals surface area contributed by atoms with Crippen LogP contribution >= 0.6 is 0 Å². The molecule has 6 heteroatoms. The molecule has 3 atom stereocenters. The lowest BCUT2D eigenvalue weighted by molar-refractivity contribution is -0.143. The maximum atomic E-state index is 13.5. The summed E-state index contributed by atoms with van der Waals surface area (Å²) in [6, 6.07) is 12.3. The van der Waals surface area contributed by atoms with E-state index >= 15 is 0 Å². The summed E-state index contributed by atoms with van der Waals surface area (Å²) in [5.41, 5.74) is 4.51. The smallest absolute Gasteiger partial charge is 0.231 e. The first kappa shape index (κ1) is 20.9. The molecule has 1 aromatic heterocycles. The maximum Gasteiger partial charge on any atom is 0.231 e. The standard InChI is InChI=1S/C26H30N2O4/c1-4-18-7-5-8-19-22(12-27-25(18)19)21(20-9-6-10-23-26(20)31-15-30-23)11-24(29)28-13-16(2)32-17(3)14-28/h5-10,12,16-17,21,27H,4,11,13-15H2,1-3H3. The molecule has 2 aliphatic heterocycles. The molecule has 3 unspecified atom stereocenters. The minimum atomic E-state index is -0.145. The Hall–Kier alpha value is -2.99. The number of carbonyl (C=O) groups excluding carboxylic acids is 1. The Bertz CT molecular complexity index is 1130. The fourth-order valence-electron chi connectivity index (χ4n) is 5.12. The molecule has 3 aromatic rings. The molecule has 0 aliphatic carbocycles. The fourth-order valence-corrected chi connectivity index (χ4v) is 5.12. The monoisotopic (exact) mass is 434 g/mol. The number of nitrogens with one attached hydrogen (secondary N) is 1. The average Bonchev–Trinajstić information content (AvgIpc) is 3.43. The van der Waals surface area contributed by atoms with Crippen LogP contribution in [0.1, 0.15) is 49.8 Å². The van der Waals surface area contributed by atoms with Crippen LogP contribution in [0.3, 0.4) is 0 Å². The van der Waals surface area contributed by atoms with Gasteiger partial charge in [-0.2, -0.15) is 0 Å². The van der Waals surface area contributed by atoms with Gasteiger partial charge < -0.3 is 24.1 Å². The van der Waals surface area contributed by atoms with Crippen LogP contribution in [0.25, 0.3) is 10.9 Å². The van der Waals surface area contributed by atoms with Crippen molar-refractivity contribution in [3.63, 3.8) is 0 Å². The number of aromatic nitrogens is 1. The number of fused-ring (bicyclic) bond motifs is 2. The van der Waals surface area contributed by atoms with Crippen LogP contribution in [-0.4, -0.2) is 47.9 Å². The van der Waals surface area contributed by atoms with E-state index in [0.717, 1.165) is 39.9 Å². The largest absolute Gasteiger partial charge is 0.454 e. The van der Waals surface area contributed by atoms with Gasteiger partial charge in [0.15, 0.2) is 11.5 Å². The van der Waals surface area contributed by atoms with E-state index in [4.69, 9.17) is 14.2 Å². The summed E-state index contributed by atoms with van der Waals surface area (Å²) < 4.78 is 17.3. The van der Waals surface area contributed by atoms with E-state index in [1.165, 1.54) is 5.56 Å². The first-order valence-corrected chi connectivity index (χ1v) is 11.5. The molecule has 168 valence electrons. The molecule has 3 heterocycles. The first-order valence-electron chi connectivity index (χ1n) is 11.5. The number of benzene rings is 2. The number of amides is 1. The Morgan fingerprint density at radius 3 is 2.66 bits per heavy atom. The van der Waals surface area contributed by atoms with Crippen LogP contribution in [0.15, 0.2) is 42.6 Å². The van der Waals surface area contributed by atoms with Crippen molar-refractivity contribution in [2.75, 3.05) is 19.9 Å². The highest BCUT2D eigenvalue weighted by Crippen LogP contribution is 2.44. The number of aryl methyl sites for hydroxylation is 1. The zero-order valence-electron chi connectivity index (χ0n) is 18.9. The lowest BCUT2D eigenvalue weighted by atomic mass is 9.86. The summed E-state index contributed by atoms with van der Waals surface area (Å²) in [5.74, 6) is 1.47. The highest BCUT2D eigenvalue weighted by atomic mass is 16.7. The van der Waals surface area contributed by atoms with E-state index < -0.39 is 0 Å². The van der Waals surface area contributed by atoms with Crippen LogP contribution in [0, 0.1) is 0 Å². The summed E-state index contributed by atoms with van der Waals surface area (Å²) >= 11 is 0. The van der Waals surface area contributed by atoms with E-state index in [1.807, 2.05) is 30.9 Å². The van der Waals surface area contributed by atoms with Crippen molar-refractivity contribution >= 4 is 16.8 Å². The topological polar surface area (TPSA) is 63.8 Å². The van der Waals surface area contributed by atoms with Gasteiger partial charge in [0.1, 0.15) is 0 Å². The number of rotatable bonds is 5. The molecule has 2 aliphatic rings. The molecule has 0 bridgehead atoms. The lowest BCUT2D eigenvalue weighted by Crippen LogP contribution is -2.48. The Kier molecular flexibility index (Phi) is 5.55. The molecule has 0 saturated carbocycles. The fraction of sp³-hybridized carbons (Fsp3) is 0.423. The molecule has 1 saturated heterocycles. The van der Waals surface area contributed by atoms with Gasteiger partial charge in [0.25, 0.3) is 0 Å². The third-order valence-electron chi connectivity index (χ3n) is 6.54. The number of carbonyl (C=O) groups is 1. The van der Waals surface area contributed by atoms with E-state index in [2.05, 4.69) is 42.4 Å². The van der Waals surface area contributed by atoms with E-state index in [1.54, 1.807) is 0 Å². The third kappa shape index (κ3) is 3.73. The van der Waals surface area contributed by atoms with Gasteiger partial charge in [-0.25, -0.2) is 0 Å². The SMILES string of the molecule is CCc1cccc2c(C(CC(=O)N3CC(C)OC(C)C3)c3cccc4c3OCO4)c[nH]c12. The molecule has 5 rings (SSSR count). The number of para-hydroxylation sites is 2. The average molecular weight is 435 g/mol. The molecule has 2 aromatic carbocycles. The number of ether oxygens (including phenoxy) is 3. The number of nitrogens with zero attached hydrogens (tertiary/aromatic N) is 1. The first-order chi connectivity index (χ1) is 15.5. The van der Waals surface area contributed by atoms with Gasteiger partial charge in [0.2, 0.25) is 12.7 Å². The second kappa shape index (κ2) is 8.51. The summed E-state index contributed by atoms with van der Waals surface area (Å²) in [4.78, 5) is 18.9. The predicted octanol–water partition coefficient (Wildman–Crippen LogP) is 4.62. The molecule has 32 heavy (non-hydrogen) atoms. The second-order valence-electron chi connectivity index (χ2n) is 8.83. The zero-order valence-corrected chi connectivity index (χ0v) is 18.9. The number of hydrogen-bond donors (Lipinski definition) is 1. The van der Waals surface area contributed by atoms with Crippen molar-refractivity contribution in [3.8, 4) is 11.5 Å². The van der Waals surface area contributed by atoms with Crippen molar-refractivity contribution in [3.05, 3.63) is 59.3 Å². The van der Waals surface area contributed by atoms with Gasteiger partial charge >= 0.3 is 0 Å². The third-order valence-corrected chi connectivity index (χ3v) is 6.54. The van der Waals surface area contributed by atoms with E-state index in [0.29, 0.717) is 19.5 Å². The minimum Gasteiger partial charge on any atom is -0.454 e. The Labute approximate surface area is 188 Å². The lowest BCUT2D eigenvalue weighted by Gasteiger charge is -2.36. The van der Waals surface area contributed by atoms with Crippen molar-refractivity contribution in [2.45, 2.75) is 51.7 Å². The highest BCUT2D eigenvalue weighted by Gasteiger charge is 2.32.